The monoisotopic (exact) mass is 171 g/mol. The summed E-state index contributed by atoms with van der Waals surface area (Å²) in [5.74, 6) is 0. The largest absolute Gasteiger partial charge is 0.388 e. The van der Waals surface area contributed by atoms with Crippen LogP contribution in [0.5, 0.6) is 0 Å². The molecular weight excluding hydrogens is 150 g/mol. The molecule has 0 aromatic rings. The number of aliphatic imine (C=N–C) groups is 1. The highest BCUT2D eigenvalue weighted by Crippen LogP contribution is 2.01. The number of rotatable bonds is 0. The summed E-state index contributed by atoms with van der Waals surface area (Å²) in [5, 5.41) is 0. The van der Waals surface area contributed by atoms with E-state index >= 15 is 0 Å². The molecule has 1 rings (SSSR count). The van der Waals surface area contributed by atoms with Gasteiger partial charge in [0.1, 0.15) is 0 Å². The van der Waals surface area contributed by atoms with Crippen molar-refractivity contribution in [2.75, 3.05) is 20.8 Å². The highest BCUT2D eigenvalue weighted by atomic mass is 16.4. The minimum atomic E-state index is 0.988. The lowest BCUT2D eigenvalue weighted by atomic mass is 10.2. The van der Waals surface area contributed by atoms with Gasteiger partial charge in [-0.25, -0.2) is 0 Å². The fourth-order valence-corrected chi connectivity index (χ4v) is 0.579. The molecule has 0 amide bonds. The molecule has 0 atom stereocenters. The van der Waals surface area contributed by atoms with Crippen molar-refractivity contribution in [2.45, 2.75) is 27.2 Å². The number of ether oxygens (including phenoxy) is 1. The SMILES string of the molecule is CC.CC1=CC=NCC1.COC. The molecule has 0 aromatic carbocycles. The van der Waals surface area contributed by atoms with Gasteiger partial charge in [-0.3, -0.25) is 4.99 Å². The maximum absolute atomic E-state index is 4.25. The molecule has 0 N–H and O–H groups in total. The zero-order chi connectivity index (χ0) is 9.82. The summed E-state index contributed by atoms with van der Waals surface area (Å²) in [6, 6.07) is 0. The molecule has 0 bridgehead atoms. The first-order chi connectivity index (χ1) is 5.81. The molecule has 0 saturated carbocycles. The minimum absolute atomic E-state index is 0.988. The summed E-state index contributed by atoms with van der Waals surface area (Å²) in [6.45, 7) is 7.12. The van der Waals surface area contributed by atoms with Gasteiger partial charge in [-0.2, -0.15) is 0 Å². The molecule has 0 aromatic heterocycles. The molecule has 1 aliphatic heterocycles. The predicted molar refractivity (Wildman–Crippen MR) is 56.0 cm³/mol. The molecule has 0 radical (unpaired) electrons. The molecule has 2 nitrogen and oxygen atoms in total. The average molecular weight is 171 g/mol. The third-order valence-corrected chi connectivity index (χ3v) is 1.10. The Kier molecular flexibility index (Phi) is 15.1. The molecular formula is C10H21NO. The summed E-state index contributed by atoms with van der Waals surface area (Å²) >= 11 is 0. The van der Waals surface area contributed by atoms with E-state index in [-0.39, 0.29) is 0 Å². The van der Waals surface area contributed by atoms with E-state index in [4.69, 9.17) is 0 Å². The van der Waals surface area contributed by atoms with Crippen LogP contribution in [0.2, 0.25) is 0 Å². The van der Waals surface area contributed by atoms with Gasteiger partial charge < -0.3 is 4.74 Å². The summed E-state index contributed by atoms with van der Waals surface area (Å²) in [7, 11) is 3.25. The lowest BCUT2D eigenvalue weighted by Gasteiger charge is -1.98. The van der Waals surface area contributed by atoms with Crippen molar-refractivity contribution in [3.8, 4) is 0 Å². The van der Waals surface area contributed by atoms with E-state index in [9.17, 15) is 0 Å². The van der Waals surface area contributed by atoms with Crippen LogP contribution in [-0.4, -0.2) is 27.0 Å². The number of methoxy groups -OCH3 is 1. The van der Waals surface area contributed by atoms with Gasteiger partial charge in [0.15, 0.2) is 0 Å². The molecule has 0 aliphatic carbocycles. The van der Waals surface area contributed by atoms with E-state index in [0.717, 1.165) is 13.0 Å². The second-order valence-electron chi connectivity index (χ2n) is 2.23. The maximum Gasteiger partial charge on any atom is 0.0426 e. The van der Waals surface area contributed by atoms with Crippen molar-refractivity contribution in [1.82, 2.24) is 0 Å². The second-order valence-corrected chi connectivity index (χ2v) is 2.23. The molecule has 72 valence electrons. The molecule has 0 saturated heterocycles. The highest BCUT2D eigenvalue weighted by molar-refractivity contribution is 5.72. The summed E-state index contributed by atoms with van der Waals surface area (Å²) in [5.41, 5.74) is 1.44. The molecule has 2 heteroatoms. The van der Waals surface area contributed by atoms with E-state index in [1.54, 1.807) is 14.2 Å². The Bertz CT molecular complexity index is 128. The topological polar surface area (TPSA) is 21.6 Å². The molecule has 1 heterocycles. The van der Waals surface area contributed by atoms with Gasteiger partial charge in [-0.15, -0.1) is 0 Å². The van der Waals surface area contributed by atoms with E-state index < -0.39 is 0 Å². The predicted octanol–water partition coefficient (Wildman–Crippen LogP) is 2.70. The zero-order valence-electron chi connectivity index (χ0n) is 8.92. The van der Waals surface area contributed by atoms with Crippen LogP contribution in [0.3, 0.4) is 0 Å². The van der Waals surface area contributed by atoms with Gasteiger partial charge in [0.25, 0.3) is 0 Å². The Morgan fingerprint density at radius 1 is 1.33 bits per heavy atom. The van der Waals surface area contributed by atoms with E-state index in [1.807, 2.05) is 20.1 Å². The van der Waals surface area contributed by atoms with Crippen molar-refractivity contribution in [1.29, 1.82) is 0 Å². The van der Waals surface area contributed by atoms with Crippen LogP contribution in [0.25, 0.3) is 0 Å². The van der Waals surface area contributed by atoms with Crippen molar-refractivity contribution >= 4 is 6.21 Å². The molecule has 0 spiro atoms. The number of dihydropyridines is 1. The molecule has 0 unspecified atom stereocenters. The molecule has 0 fully saturated rings. The summed E-state index contributed by atoms with van der Waals surface area (Å²) in [4.78, 5) is 4.03. The molecule has 12 heavy (non-hydrogen) atoms. The summed E-state index contributed by atoms with van der Waals surface area (Å²) < 4.78 is 4.25. The van der Waals surface area contributed by atoms with E-state index in [0.29, 0.717) is 0 Å². The van der Waals surface area contributed by atoms with Crippen LogP contribution >= 0.6 is 0 Å². The first-order valence-electron chi connectivity index (χ1n) is 4.37. The van der Waals surface area contributed by atoms with Gasteiger partial charge >= 0.3 is 0 Å². The van der Waals surface area contributed by atoms with Crippen molar-refractivity contribution in [3.63, 3.8) is 0 Å². The normalized spacial score (nSPS) is 13.2. The standard InChI is InChI=1S/C6H9N.C2H6O.C2H6/c1-6-2-4-7-5-3-6;1-3-2;1-2/h2,4H,3,5H2,1H3;1-2H3;1-2H3. The van der Waals surface area contributed by atoms with Crippen LogP contribution in [0.15, 0.2) is 16.6 Å². The smallest absolute Gasteiger partial charge is 0.0426 e. The first kappa shape index (κ1) is 13.9. The second kappa shape index (κ2) is 13.0. The third-order valence-electron chi connectivity index (χ3n) is 1.10. The number of nitrogens with zero attached hydrogens (tertiary/aromatic N) is 1. The van der Waals surface area contributed by atoms with Crippen molar-refractivity contribution in [3.05, 3.63) is 11.6 Å². The fourth-order valence-electron chi connectivity index (χ4n) is 0.579. The number of hydrogen-bond acceptors (Lipinski definition) is 2. The lowest BCUT2D eigenvalue weighted by Crippen LogP contribution is -1.89. The first-order valence-corrected chi connectivity index (χ1v) is 4.37. The molecule has 1 aliphatic rings. The fraction of sp³-hybridized carbons (Fsp3) is 0.700. The Hall–Kier alpha value is -0.630. The van der Waals surface area contributed by atoms with Crippen molar-refractivity contribution < 1.29 is 4.74 Å². The minimum Gasteiger partial charge on any atom is -0.388 e. The van der Waals surface area contributed by atoms with Gasteiger partial charge in [-0.1, -0.05) is 19.4 Å². The zero-order valence-corrected chi connectivity index (χ0v) is 8.92. The van der Waals surface area contributed by atoms with Crippen LogP contribution in [-0.2, 0) is 4.74 Å². The van der Waals surface area contributed by atoms with Crippen LogP contribution in [0.1, 0.15) is 27.2 Å². The van der Waals surface area contributed by atoms with Gasteiger partial charge in [0.2, 0.25) is 0 Å². The van der Waals surface area contributed by atoms with Gasteiger partial charge in [-0.05, 0) is 19.4 Å². The lowest BCUT2D eigenvalue weighted by molar-refractivity contribution is 0.277. The van der Waals surface area contributed by atoms with Crippen LogP contribution in [0.4, 0.5) is 0 Å². The maximum atomic E-state index is 4.25. The third kappa shape index (κ3) is 12.1. The Labute approximate surface area is 76.3 Å². The van der Waals surface area contributed by atoms with E-state index in [1.165, 1.54) is 5.57 Å². The van der Waals surface area contributed by atoms with Gasteiger partial charge in [0.05, 0.1) is 0 Å². The number of allylic oxidation sites excluding steroid dienone is 1. The quantitative estimate of drug-likeness (QED) is 0.549. The Balaban J connectivity index is 0. The highest BCUT2D eigenvalue weighted by Gasteiger charge is 1.89. The van der Waals surface area contributed by atoms with E-state index in [2.05, 4.69) is 22.7 Å². The Morgan fingerprint density at radius 3 is 2.00 bits per heavy atom. The van der Waals surface area contributed by atoms with Gasteiger partial charge in [0, 0.05) is 27.0 Å². The average Bonchev–Trinajstić information content (AvgIpc) is 2.11. The van der Waals surface area contributed by atoms with Crippen LogP contribution < -0.4 is 0 Å². The summed E-state index contributed by atoms with van der Waals surface area (Å²) in [6.07, 6.45) is 5.08. The van der Waals surface area contributed by atoms with Crippen molar-refractivity contribution in [2.24, 2.45) is 4.99 Å². The van der Waals surface area contributed by atoms with Crippen LogP contribution in [0, 0.1) is 0 Å². The number of hydrogen-bond donors (Lipinski definition) is 0. The Morgan fingerprint density at radius 2 is 1.83 bits per heavy atom.